The molecule has 2 fully saturated rings. The summed E-state index contributed by atoms with van der Waals surface area (Å²) in [5, 5.41) is 9.39. The highest BCUT2D eigenvalue weighted by molar-refractivity contribution is 5.71. The summed E-state index contributed by atoms with van der Waals surface area (Å²) in [7, 11) is 0. The fraction of sp³-hybridized carbons (Fsp3) is 0.722. The van der Waals surface area contributed by atoms with Crippen LogP contribution in [0, 0.1) is 29.6 Å². The SMILES string of the molecule is O=C(O)C1CCC2C3CCC4CCCCC4=C3C=CC12. The smallest absolute Gasteiger partial charge is 0.307 e. The van der Waals surface area contributed by atoms with E-state index in [9.17, 15) is 9.90 Å². The summed E-state index contributed by atoms with van der Waals surface area (Å²) < 4.78 is 0. The Hall–Kier alpha value is -1.05. The van der Waals surface area contributed by atoms with E-state index in [4.69, 9.17) is 0 Å². The number of fused-ring (bicyclic) bond motifs is 4. The van der Waals surface area contributed by atoms with Crippen molar-refractivity contribution in [1.29, 1.82) is 0 Å². The molecule has 20 heavy (non-hydrogen) atoms. The Balaban J connectivity index is 1.69. The van der Waals surface area contributed by atoms with Crippen molar-refractivity contribution in [2.24, 2.45) is 29.6 Å². The molecule has 0 aromatic carbocycles. The number of carbonyl (C=O) groups is 1. The lowest BCUT2D eigenvalue weighted by Gasteiger charge is -2.42. The minimum Gasteiger partial charge on any atom is -0.481 e. The van der Waals surface area contributed by atoms with Crippen LogP contribution in [0.1, 0.15) is 51.4 Å². The minimum absolute atomic E-state index is 0.119. The molecule has 0 aliphatic heterocycles. The topological polar surface area (TPSA) is 37.3 Å². The number of hydrogen-bond donors (Lipinski definition) is 1. The van der Waals surface area contributed by atoms with Crippen molar-refractivity contribution in [2.45, 2.75) is 51.4 Å². The number of rotatable bonds is 1. The van der Waals surface area contributed by atoms with Crippen LogP contribution in [0.15, 0.2) is 23.3 Å². The molecule has 2 heteroatoms. The van der Waals surface area contributed by atoms with Crippen LogP contribution in [0.5, 0.6) is 0 Å². The van der Waals surface area contributed by atoms with Crippen LogP contribution < -0.4 is 0 Å². The highest BCUT2D eigenvalue weighted by Crippen LogP contribution is 2.54. The average molecular weight is 272 g/mol. The molecule has 0 saturated heterocycles. The van der Waals surface area contributed by atoms with Crippen molar-refractivity contribution in [3.05, 3.63) is 23.3 Å². The summed E-state index contributed by atoms with van der Waals surface area (Å²) in [6, 6.07) is 0. The van der Waals surface area contributed by atoms with Crippen LogP contribution in [0.25, 0.3) is 0 Å². The average Bonchev–Trinajstić information content (AvgIpc) is 2.91. The molecule has 0 bridgehead atoms. The van der Waals surface area contributed by atoms with Crippen molar-refractivity contribution in [1.82, 2.24) is 0 Å². The molecule has 1 N–H and O–H groups in total. The van der Waals surface area contributed by atoms with Gasteiger partial charge >= 0.3 is 5.97 Å². The molecular formula is C18H24O2. The lowest BCUT2D eigenvalue weighted by molar-refractivity contribution is -0.142. The molecule has 108 valence electrons. The first-order chi connectivity index (χ1) is 9.75. The Labute approximate surface area is 120 Å². The fourth-order valence-corrected chi connectivity index (χ4v) is 5.54. The van der Waals surface area contributed by atoms with Gasteiger partial charge in [0.2, 0.25) is 0 Å². The van der Waals surface area contributed by atoms with Crippen molar-refractivity contribution in [3.63, 3.8) is 0 Å². The zero-order chi connectivity index (χ0) is 13.7. The summed E-state index contributed by atoms with van der Waals surface area (Å²) in [5.74, 6) is 1.76. The third kappa shape index (κ3) is 1.80. The van der Waals surface area contributed by atoms with Crippen LogP contribution in [0.3, 0.4) is 0 Å². The van der Waals surface area contributed by atoms with Gasteiger partial charge in [0.25, 0.3) is 0 Å². The Kier molecular flexibility index (Phi) is 3.01. The predicted molar refractivity (Wildman–Crippen MR) is 78.2 cm³/mol. The third-order valence-electron chi connectivity index (χ3n) is 6.44. The van der Waals surface area contributed by atoms with Gasteiger partial charge in [-0.05, 0) is 74.2 Å². The predicted octanol–water partition coefficient (Wildman–Crippen LogP) is 4.18. The van der Waals surface area contributed by atoms with Gasteiger partial charge in [-0.1, -0.05) is 24.1 Å². The van der Waals surface area contributed by atoms with Gasteiger partial charge in [0.15, 0.2) is 0 Å². The molecule has 2 nitrogen and oxygen atoms in total. The maximum Gasteiger partial charge on any atom is 0.307 e. The van der Waals surface area contributed by atoms with Gasteiger partial charge in [0.1, 0.15) is 0 Å². The first-order valence-corrected chi connectivity index (χ1v) is 8.39. The van der Waals surface area contributed by atoms with E-state index in [0.717, 1.165) is 18.8 Å². The molecule has 0 spiro atoms. The molecule has 5 unspecified atom stereocenters. The molecule has 2 saturated carbocycles. The molecule has 0 radical (unpaired) electrons. The number of hydrogen-bond acceptors (Lipinski definition) is 1. The van der Waals surface area contributed by atoms with E-state index in [1.54, 1.807) is 11.1 Å². The summed E-state index contributed by atoms with van der Waals surface area (Å²) >= 11 is 0. The van der Waals surface area contributed by atoms with Crippen LogP contribution in [-0.4, -0.2) is 11.1 Å². The zero-order valence-corrected chi connectivity index (χ0v) is 12.1. The monoisotopic (exact) mass is 272 g/mol. The zero-order valence-electron chi connectivity index (χ0n) is 12.1. The molecule has 0 aromatic heterocycles. The minimum atomic E-state index is -0.579. The number of aliphatic carboxylic acids is 1. The fourth-order valence-electron chi connectivity index (χ4n) is 5.54. The lowest BCUT2D eigenvalue weighted by atomic mass is 9.63. The summed E-state index contributed by atoms with van der Waals surface area (Å²) in [5.41, 5.74) is 3.38. The second-order valence-electron chi connectivity index (χ2n) is 7.23. The molecule has 4 aliphatic rings. The van der Waals surface area contributed by atoms with Gasteiger partial charge in [0.05, 0.1) is 5.92 Å². The van der Waals surface area contributed by atoms with E-state index in [2.05, 4.69) is 12.2 Å². The van der Waals surface area contributed by atoms with Crippen LogP contribution in [0.4, 0.5) is 0 Å². The van der Waals surface area contributed by atoms with Crippen LogP contribution >= 0.6 is 0 Å². The molecule has 5 atom stereocenters. The van der Waals surface area contributed by atoms with Crippen molar-refractivity contribution in [3.8, 4) is 0 Å². The van der Waals surface area contributed by atoms with Gasteiger partial charge in [-0.15, -0.1) is 0 Å². The van der Waals surface area contributed by atoms with E-state index in [-0.39, 0.29) is 5.92 Å². The van der Waals surface area contributed by atoms with E-state index < -0.39 is 5.97 Å². The largest absolute Gasteiger partial charge is 0.481 e. The number of carboxylic acid groups (broad SMARTS) is 1. The molecule has 0 amide bonds. The van der Waals surface area contributed by atoms with E-state index >= 15 is 0 Å². The summed E-state index contributed by atoms with van der Waals surface area (Å²) in [4.78, 5) is 11.4. The van der Waals surface area contributed by atoms with Gasteiger partial charge in [0, 0.05) is 0 Å². The van der Waals surface area contributed by atoms with Crippen molar-refractivity contribution < 1.29 is 9.90 Å². The quantitative estimate of drug-likeness (QED) is 0.777. The summed E-state index contributed by atoms with van der Waals surface area (Å²) in [6.45, 7) is 0. The van der Waals surface area contributed by atoms with Gasteiger partial charge in [-0.2, -0.15) is 0 Å². The second kappa shape index (κ2) is 4.75. The Morgan fingerprint density at radius 3 is 2.85 bits per heavy atom. The first kappa shape index (κ1) is 12.7. The van der Waals surface area contributed by atoms with E-state index in [0.29, 0.717) is 17.8 Å². The van der Waals surface area contributed by atoms with Gasteiger partial charge in [-0.25, -0.2) is 0 Å². The molecule has 0 aromatic rings. The van der Waals surface area contributed by atoms with Gasteiger partial charge < -0.3 is 5.11 Å². The van der Waals surface area contributed by atoms with E-state index in [1.807, 2.05) is 0 Å². The first-order valence-electron chi connectivity index (χ1n) is 8.39. The third-order valence-corrected chi connectivity index (χ3v) is 6.44. The van der Waals surface area contributed by atoms with Crippen LogP contribution in [0.2, 0.25) is 0 Å². The maximum absolute atomic E-state index is 11.4. The summed E-state index contributed by atoms with van der Waals surface area (Å²) in [6.07, 6.45) is 14.7. The molecule has 0 heterocycles. The normalized spacial score (nSPS) is 42.9. The standard InChI is InChI=1S/C18H24O2/c19-18(20)17-10-9-15-14-6-5-11-3-1-2-4-12(11)13(14)7-8-16(15)17/h7-8,11,14-17H,1-6,9-10H2,(H,19,20). The number of carboxylic acids is 1. The van der Waals surface area contributed by atoms with Crippen LogP contribution in [-0.2, 0) is 4.79 Å². The molecule has 4 rings (SSSR count). The lowest BCUT2D eigenvalue weighted by Crippen LogP contribution is -2.33. The molecular weight excluding hydrogens is 248 g/mol. The Morgan fingerprint density at radius 2 is 2.00 bits per heavy atom. The number of allylic oxidation sites excluding steroid dienone is 4. The van der Waals surface area contributed by atoms with Crippen molar-refractivity contribution >= 4 is 5.97 Å². The maximum atomic E-state index is 11.4. The molecule has 4 aliphatic carbocycles. The highest BCUT2D eigenvalue weighted by atomic mass is 16.4. The van der Waals surface area contributed by atoms with Crippen molar-refractivity contribution in [2.75, 3.05) is 0 Å². The van der Waals surface area contributed by atoms with E-state index in [1.165, 1.54) is 38.5 Å². The Bertz CT molecular complexity index is 488. The second-order valence-corrected chi connectivity index (χ2v) is 7.23. The Morgan fingerprint density at radius 1 is 1.10 bits per heavy atom. The highest BCUT2D eigenvalue weighted by Gasteiger charge is 2.46. The van der Waals surface area contributed by atoms with Gasteiger partial charge in [-0.3, -0.25) is 4.79 Å².